The van der Waals surface area contributed by atoms with E-state index in [1.807, 2.05) is 0 Å². The first-order chi connectivity index (χ1) is 11.7. The molecule has 4 aromatic rings. The highest BCUT2D eigenvalue weighted by atomic mass is 15.6. The summed E-state index contributed by atoms with van der Waals surface area (Å²) < 4.78 is 6.18. The lowest BCUT2D eigenvalue weighted by molar-refractivity contribution is 0.177. The standard InChI is InChI=1S/C10H12N14/c11-7-5-23(19-15-7)10(24-6-8(12)16-20-24)9(21-3-1-13-17-21)22-4-2-14-18-22/h1-6,9-10H,11-12H2. The molecule has 0 fully saturated rings. The van der Waals surface area contributed by atoms with Crippen LogP contribution in [0.4, 0.5) is 11.6 Å². The summed E-state index contributed by atoms with van der Waals surface area (Å²) in [7, 11) is 0. The van der Waals surface area contributed by atoms with Gasteiger partial charge in [0.2, 0.25) is 0 Å². The molecule has 0 saturated heterocycles. The first-order valence-electron chi connectivity index (χ1n) is 6.78. The van der Waals surface area contributed by atoms with Gasteiger partial charge >= 0.3 is 0 Å². The van der Waals surface area contributed by atoms with Gasteiger partial charge in [-0.05, 0) is 0 Å². The van der Waals surface area contributed by atoms with Crippen LogP contribution in [0.2, 0.25) is 0 Å². The van der Waals surface area contributed by atoms with E-state index in [2.05, 4.69) is 41.2 Å². The maximum Gasteiger partial charge on any atom is 0.189 e. The molecule has 0 spiro atoms. The predicted octanol–water partition coefficient (Wildman–Crippen LogP) is -1.99. The van der Waals surface area contributed by atoms with Crippen LogP contribution in [0.5, 0.6) is 0 Å². The van der Waals surface area contributed by atoms with Crippen molar-refractivity contribution in [3.63, 3.8) is 0 Å². The molecule has 0 aliphatic heterocycles. The lowest BCUT2D eigenvalue weighted by Gasteiger charge is -2.26. The van der Waals surface area contributed by atoms with E-state index >= 15 is 0 Å². The SMILES string of the molecule is Nc1cn(C(C(n2ccnn2)n2ccnn2)n2cc(N)nn2)nn1. The van der Waals surface area contributed by atoms with Crippen molar-refractivity contribution in [2.75, 3.05) is 11.5 Å². The highest BCUT2D eigenvalue weighted by Gasteiger charge is 2.32. The van der Waals surface area contributed by atoms with Gasteiger partial charge in [0.05, 0.1) is 24.8 Å². The number of aromatic nitrogens is 12. The van der Waals surface area contributed by atoms with Crippen LogP contribution < -0.4 is 11.5 Å². The third-order valence-electron chi connectivity index (χ3n) is 3.29. The van der Waals surface area contributed by atoms with Crippen molar-refractivity contribution in [3.05, 3.63) is 37.2 Å². The third-order valence-corrected chi connectivity index (χ3v) is 3.29. The van der Waals surface area contributed by atoms with E-state index in [4.69, 9.17) is 11.5 Å². The Morgan fingerprint density at radius 1 is 0.667 bits per heavy atom. The Balaban J connectivity index is 1.89. The van der Waals surface area contributed by atoms with Gasteiger partial charge in [0.25, 0.3) is 0 Å². The van der Waals surface area contributed by atoms with Crippen LogP contribution in [0.15, 0.2) is 37.2 Å². The normalized spacial score (nSPS) is 11.6. The Morgan fingerprint density at radius 2 is 1.12 bits per heavy atom. The number of nitrogens with two attached hydrogens (primary N) is 2. The number of hydrogen-bond donors (Lipinski definition) is 2. The molecule has 122 valence electrons. The number of nitrogen functional groups attached to an aromatic ring is 2. The summed E-state index contributed by atoms with van der Waals surface area (Å²) >= 11 is 0. The zero-order valence-corrected chi connectivity index (χ0v) is 12.1. The van der Waals surface area contributed by atoms with Crippen molar-refractivity contribution < 1.29 is 0 Å². The molecule has 0 radical (unpaired) electrons. The van der Waals surface area contributed by atoms with E-state index in [-0.39, 0.29) is 11.6 Å². The third kappa shape index (κ3) is 2.31. The monoisotopic (exact) mass is 328 g/mol. The molecule has 14 nitrogen and oxygen atoms in total. The Hall–Kier alpha value is -3.84. The zero-order valence-electron chi connectivity index (χ0n) is 12.1. The molecule has 0 aromatic carbocycles. The fourth-order valence-electron chi connectivity index (χ4n) is 2.35. The molecule has 0 amide bonds. The quantitative estimate of drug-likeness (QED) is 0.417. The minimum Gasteiger partial charge on any atom is -0.381 e. The first-order valence-corrected chi connectivity index (χ1v) is 6.78. The lowest BCUT2D eigenvalue weighted by atomic mass is 10.3. The van der Waals surface area contributed by atoms with Crippen LogP contribution in [-0.4, -0.2) is 60.0 Å². The highest BCUT2D eigenvalue weighted by molar-refractivity contribution is 5.22. The molecule has 0 unspecified atom stereocenters. The minimum atomic E-state index is -0.608. The van der Waals surface area contributed by atoms with Crippen LogP contribution in [0.25, 0.3) is 0 Å². The van der Waals surface area contributed by atoms with Crippen molar-refractivity contribution in [2.45, 2.75) is 12.3 Å². The van der Waals surface area contributed by atoms with Gasteiger partial charge in [-0.1, -0.05) is 20.9 Å². The van der Waals surface area contributed by atoms with E-state index in [1.54, 1.807) is 46.5 Å². The molecule has 4 aromatic heterocycles. The summed E-state index contributed by atoms with van der Waals surface area (Å²) in [6.45, 7) is 0. The van der Waals surface area contributed by atoms with Gasteiger partial charge in [0.1, 0.15) is 0 Å². The summed E-state index contributed by atoms with van der Waals surface area (Å²) in [5.74, 6) is 0.507. The largest absolute Gasteiger partial charge is 0.381 e. The second kappa shape index (κ2) is 5.41. The summed E-state index contributed by atoms with van der Waals surface area (Å²) in [4.78, 5) is 0. The summed E-state index contributed by atoms with van der Waals surface area (Å²) in [5, 5.41) is 31.5. The molecule has 4 N–H and O–H groups in total. The van der Waals surface area contributed by atoms with Gasteiger partial charge in [0.15, 0.2) is 24.0 Å². The summed E-state index contributed by atoms with van der Waals surface area (Å²) in [6, 6.07) is 0. The molecule has 24 heavy (non-hydrogen) atoms. The van der Waals surface area contributed by atoms with Crippen LogP contribution >= 0.6 is 0 Å². The Morgan fingerprint density at radius 3 is 1.46 bits per heavy atom. The molecule has 4 heterocycles. The van der Waals surface area contributed by atoms with Crippen molar-refractivity contribution in [3.8, 4) is 0 Å². The molecule has 0 bridgehead atoms. The molecule has 14 heteroatoms. The number of rotatable bonds is 5. The smallest absolute Gasteiger partial charge is 0.189 e. The Bertz CT molecular complexity index is 827. The molecule has 0 aliphatic carbocycles. The molecule has 4 rings (SSSR count). The van der Waals surface area contributed by atoms with E-state index < -0.39 is 12.3 Å². The molecular weight excluding hydrogens is 316 g/mol. The van der Waals surface area contributed by atoms with E-state index in [9.17, 15) is 0 Å². The lowest BCUT2D eigenvalue weighted by Crippen LogP contribution is -2.35. The minimum absolute atomic E-state index is 0.254. The summed E-state index contributed by atoms with van der Waals surface area (Å²) in [6.07, 6.45) is 8.41. The molecule has 0 atom stereocenters. The van der Waals surface area contributed by atoms with Crippen LogP contribution in [0.3, 0.4) is 0 Å². The van der Waals surface area contributed by atoms with Gasteiger partial charge < -0.3 is 11.5 Å². The van der Waals surface area contributed by atoms with Crippen LogP contribution in [0.1, 0.15) is 12.3 Å². The number of anilines is 2. The average Bonchev–Trinajstić information content (AvgIpc) is 3.34. The fourth-order valence-corrected chi connectivity index (χ4v) is 2.35. The maximum absolute atomic E-state index is 5.70. The van der Waals surface area contributed by atoms with E-state index in [0.717, 1.165) is 0 Å². The predicted molar refractivity (Wildman–Crippen MR) is 77.8 cm³/mol. The highest BCUT2D eigenvalue weighted by Crippen LogP contribution is 2.25. The Kier molecular flexibility index (Phi) is 3.11. The average molecular weight is 328 g/mol. The number of nitrogens with zero attached hydrogens (tertiary/aromatic N) is 12. The maximum atomic E-state index is 5.70. The van der Waals surface area contributed by atoms with E-state index in [1.165, 1.54) is 9.36 Å². The number of hydrogen-bond acceptors (Lipinski definition) is 10. The first kappa shape index (κ1) is 13.8. The van der Waals surface area contributed by atoms with Gasteiger partial charge in [-0.15, -0.1) is 20.4 Å². The van der Waals surface area contributed by atoms with Crippen LogP contribution in [0, 0.1) is 0 Å². The van der Waals surface area contributed by atoms with Gasteiger partial charge in [-0.25, -0.2) is 18.7 Å². The molecule has 0 aliphatic rings. The molecule has 0 saturated carbocycles. The zero-order chi connectivity index (χ0) is 16.5. The van der Waals surface area contributed by atoms with Gasteiger partial charge in [0, 0.05) is 12.4 Å². The Labute approximate surface area is 133 Å². The van der Waals surface area contributed by atoms with Crippen molar-refractivity contribution in [1.29, 1.82) is 0 Å². The van der Waals surface area contributed by atoms with Crippen molar-refractivity contribution in [1.82, 2.24) is 60.0 Å². The van der Waals surface area contributed by atoms with Gasteiger partial charge in [-0.3, -0.25) is 0 Å². The second-order valence-electron chi connectivity index (χ2n) is 4.84. The second-order valence-corrected chi connectivity index (χ2v) is 4.84. The molecular formula is C10H12N14. The van der Waals surface area contributed by atoms with Crippen molar-refractivity contribution in [2.24, 2.45) is 0 Å². The van der Waals surface area contributed by atoms with Gasteiger partial charge in [-0.2, -0.15) is 0 Å². The van der Waals surface area contributed by atoms with E-state index in [0.29, 0.717) is 0 Å². The summed E-state index contributed by atoms with van der Waals surface area (Å²) in [5.41, 5.74) is 11.4. The fraction of sp³-hybridized carbons (Fsp3) is 0.200. The van der Waals surface area contributed by atoms with Crippen LogP contribution in [-0.2, 0) is 0 Å². The van der Waals surface area contributed by atoms with Crippen molar-refractivity contribution >= 4 is 11.6 Å². The topological polar surface area (TPSA) is 175 Å².